The molecule has 1 heterocycles. The van der Waals surface area contributed by atoms with Crippen LogP contribution in [0.2, 0.25) is 0 Å². The monoisotopic (exact) mass is 330 g/mol. The SMILES string of the molecule is Cc1nnc(NS(=O)(=O)c2cc([N+](=O)[O-])ccc2NN)s1. The van der Waals surface area contributed by atoms with Crippen LogP contribution in [0.3, 0.4) is 0 Å². The van der Waals surface area contributed by atoms with Crippen molar-refractivity contribution in [3.8, 4) is 0 Å². The zero-order valence-corrected chi connectivity index (χ0v) is 12.2. The Morgan fingerprint density at radius 3 is 2.62 bits per heavy atom. The highest BCUT2D eigenvalue weighted by Crippen LogP contribution is 2.28. The fraction of sp³-hybridized carbons (Fsp3) is 0.111. The molecule has 21 heavy (non-hydrogen) atoms. The molecule has 4 N–H and O–H groups in total. The number of nitrogens with zero attached hydrogens (tertiary/aromatic N) is 3. The third-order valence-corrected chi connectivity index (χ3v) is 4.63. The number of nitro groups is 1. The molecule has 2 aromatic rings. The number of nitro benzene ring substituents is 1. The number of sulfonamides is 1. The molecular weight excluding hydrogens is 320 g/mol. The summed E-state index contributed by atoms with van der Waals surface area (Å²) in [5, 5.41) is 18.7. The van der Waals surface area contributed by atoms with Gasteiger partial charge in [0.2, 0.25) is 5.13 Å². The lowest BCUT2D eigenvalue weighted by Crippen LogP contribution is -2.17. The number of nitrogen functional groups attached to an aromatic ring is 1. The quantitative estimate of drug-likeness (QED) is 0.414. The third kappa shape index (κ3) is 3.24. The van der Waals surface area contributed by atoms with Crippen LogP contribution in [0.25, 0.3) is 0 Å². The highest BCUT2D eigenvalue weighted by atomic mass is 32.2. The van der Waals surface area contributed by atoms with Crippen LogP contribution in [0.15, 0.2) is 23.1 Å². The molecule has 0 unspecified atom stereocenters. The third-order valence-electron chi connectivity index (χ3n) is 2.37. The first-order valence-electron chi connectivity index (χ1n) is 5.41. The van der Waals surface area contributed by atoms with Crippen LogP contribution >= 0.6 is 11.3 Å². The Labute approximate surface area is 123 Å². The molecule has 2 rings (SSSR count). The van der Waals surface area contributed by atoms with Crippen molar-refractivity contribution < 1.29 is 13.3 Å². The van der Waals surface area contributed by atoms with E-state index < -0.39 is 14.9 Å². The smallest absolute Gasteiger partial charge is 0.270 e. The average molecular weight is 330 g/mol. The van der Waals surface area contributed by atoms with Gasteiger partial charge in [0.05, 0.1) is 10.6 Å². The van der Waals surface area contributed by atoms with Crippen LogP contribution in [0, 0.1) is 17.0 Å². The van der Waals surface area contributed by atoms with Crippen LogP contribution in [0.4, 0.5) is 16.5 Å². The summed E-state index contributed by atoms with van der Waals surface area (Å²) in [7, 11) is -4.09. The van der Waals surface area contributed by atoms with Gasteiger partial charge in [-0.25, -0.2) is 8.42 Å². The van der Waals surface area contributed by atoms with Crippen LogP contribution in [-0.4, -0.2) is 23.5 Å². The van der Waals surface area contributed by atoms with Crippen molar-refractivity contribution in [2.45, 2.75) is 11.8 Å². The van der Waals surface area contributed by atoms with Crippen LogP contribution in [0.1, 0.15) is 5.01 Å². The number of nitrogens with one attached hydrogen (secondary N) is 2. The van der Waals surface area contributed by atoms with Gasteiger partial charge in [0, 0.05) is 12.1 Å². The number of aryl methyl sites for hydroxylation is 1. The predicted molar refractivity (Wildman–Crippen MR) is 76.4 cm³/mol. The van der Waals surface area contributed by atoms with E-state index in [0.29, 0.717) is 5.01 Å². The first-order valence-corrected chi connectivity index (χ1v) is 7.71. The minimum Gasteiger partial charge on any atom is -0.323 e. The summed E-state index contributed by atoms with van der Waals surface area (Å²) in [5.41, 5.74) is 1.83. The second kappa shape index (κ2) is 5.59. The molecular formula is C9H10N6O4S2. The van der Waals surface area contributed by atoms with Gasteiger partial charge >= 0.3 is 0 Å². The van der Waals surface area contributed by atoms with Gasteiger partial charge in [0.25, 0.3) is 15.7 Å². The first kappa shape index (κ1) is 15.1. The van der Waals surface area contributed by atoms with Crippen molar-refractivity contribution in [2.75, 3.05) is 10.1 Å². The van der Waals surface area contributed by atoms with Gasteiger partial charge in [-0.2, -0.15) is 0 Å². The van der Waals surface area contributed by atoms with Gasteiger partial charge in [-0.05, 0) is 13.0 Å². The topological polar surface area (TPSA) is 153 Å². The number of aromatic nitrogens is 2. The summed E-state index contributed by atoms with van der Waals surface area (Å²) in [6.45, 7) is 1.66. The van der Waals surface area contributed by atoms with Crippen molar-refractivity contribution in [2.24, 2.45) is 5.84 Å². The van der Waals surface area contributed by atoms with E-state index in [9.17, 15) is 18.5 Å². The summed E-state index contributed by atoms with van der Waals surface area (Å²) >= 11 is 1.04. The lowest BCUT2D eigenvalue weighted by Gasteiger charge is -2.09. The fourth-order valence-electron chi connectivity index (χ4n) is 1.47. The Morgan fingerprint density at radius 2 is 2.10 bits per heavy atom. The molecule has 0 spiro atoms. The Kier molecular flexibility index (Phi) is 4.02. The normalized spacial score (nSPS) is 11.1. The van der Waals surface area contributed by atoms with Crippen LogP contribution < -0.4 is 16.0 Å². The second-order valence-corrected chi connectivity index (χ2v) is 6.65. The molecule has 10 nitrogen and oxygen atoms in total. The molecule has 0 aliphatic rings. The van der Waals surface area contributed by atoms with Crippen LogP contribution in [0.5, 0.6) is 0 Å². The summed E-state index contributed by atoms with van der Waals surface area (Å²) < 4.78 is 26.7. The lowest BCUT2D eigenvalue weighted by atomic mass is 10.3. The number of anilines is 2. The van der Waals surface area contributed by atoms with Gasteiger partial charge in [-0.15, -0.1) is 10.2 Å². The number of benzene rings is 1. The van der Waals surface area contributed by atoms with Gasteiger partial charge in [-0.1, -0.05) is 11.3 Å². The summed E-state index contributed by atoms with van der Waals surface area (Å²) in [4.78, 5) is 9.71. The Morgan fingerprint density at radius 1 is 1.38 bits per heavy atom. The largest absolute Gasteiger partial charge is 0.323 e. The number of hydrazine groups is 1. The zero-order valence-electron chi connectivity index (χ0n) is 10.6. The number of nitrogens with two attached hydrogens (primary N) is 1. The maximum Gasteiger partial charge on any atom is 0.270 e. The van der Waals surface area contributed by atoms with Gasteiger partial charge in [0.1, 0.15) is 9.90 Å². The Bertz CT molecular complexity index is 787. The molecule has 0 amide bonds. The minimum absolute atomic E-state index is 0.0225. The molecule has 1 aromatic carbocycles. The van der Waals surface area contributed by atoms with Crippen LogP contribution in [-0.2, 0) is 10.0 Å². The molecule has 0 radical (unpaired) electrons. The van der Waals surface area contributed by atoms with Crippen molar-refractivity contribution in [3.63, 3.8) is 0 Å². The molecule has 0 aliphatic carbocycles. The minimum atomic E-state index is -4.09. The summed E-state index contributed by atoms with van der Waals surface area (Å²) in [5.74, 6) is 5.23. The molecule has 12 heteroatoms. The van der Waals surface area contributed by atoms with E-state index in [2.05, 4.69) is 20.3 Å². The Balaban J connectivity index is 2.47. The van der Waals surface area contributed by atoms with Gasteiger partial charge < -0.3 is 5.43 Å². The predicted octanol–water partition coefficient (Wildman–Crippen LogP) is 0.841. The van der Waals surface area contributed by atoms with E-state index in [-0.39, 0.29) is 21.4 Å². The molecule has 0 saturated carbocycles. The number of rotatable bonds is 5. The molecule has 1 aromatic heterocycles. The van der Waals surface area contributed by atoms with E-state index in [1.54, 1.807) is 6.92 Å². The van der Waals surface area contributed by atoms with Crippen molar-refractivity contribution in [3.05, 3.63) is 33.3 Å². The molecule has 0 atom stereocenters. The number of non-ortho nitro benzene ring substituents is 1. The zero-order chi connectivity index (χ0) is 15.6. The van der Waals surface area contributed by atoms with E-state index in [0.717, 1.165) is 23.5 Å². The maximum absolute atomic E-state index is 12.3. The van der Waals surface area contributed by atoms with Gasteiger partial charge in [-0.3, -0.25) is 20.7 Å². The summed E-state index contributed by atoms with van der Waals surface area (Å²) in [6, 6.07) is 3.26. The number of hydrogen-bond acceptors (Lipinski definition) is 9. The van der Waals surface area contributed by atoms with E-state index in [4.69, 9.17) is 5.84 Å². The fourth-order valence-corrected chi connectivity index (χ4v) is 3.49. The highest BCUT2D eigenvalue weighted by molar-refractivity contribution is 7.93. The Hall–Kier alpha value is -2.31. The van der Waals surface area contributed by atoms with E-state index in [1.807, 2.05) is 0 Å². The maximum atomic E-state index is 12.3. The lowest BCUT2D eigenvalue weighted by molar-refractivity contribution is -0.385. The molecule has 0 fully saturated rings. The van der Waals surface area contributed by atoms with E-state index in [1.165, 1.54) is 6.07 Å². The van der Waals surface area contributed by atoms with Gasteiger partial charge in [0.15, 0.2) is 0 Å². The second-order valence-electron chi connectivity index (χ2n) is 3.81. The van der Waals surface area contributed by atoms with Crippen molar-refractivity contribution in [1.82, 2.24) is 10.2 Å². The average Bonchev–Trinajstić information content (AvgIpc) is 2.82. The first-order chi connectivity index (χ1) is 9.83. The van der Waals surface area contributed by atoms with Crippen molar-refractivity contribution in [1.29, 1.82) is 0 Å². The molecule has 0 saturated heterocycles. The standard InChI is InChI=1S/C9H10N6O4S2/c1-5-12-13-9(20-5)14-21(18,19)8-4-6(15(16)17)2-3-7(8)11-10/h2-4,11H,10H2,1H3,(H,13,14). The molecule has 0 bridgehead atoms. The summed E-state index contributed by atoms with van der Waals surface area (Å²) in [6.07, 6.45) is 0. The highest BCUT2D eigenvalue weighted by Gasteiger charge is 2.23. The number of hydrogen-bond donors (Lipinski definition) is 3. The molecule has 112 valence electrons. The molecule has 0 aliphatic heterocycles. The van der Waals surface area contributed by atoms with Crippen molar-refractivity contribution >= 4 is 37.9 Å². The van der Waals surface area contributed by atoms with E-state index >= 15 is 0 Å².